The van der Waals surface area contributed by atoms with Crippen molar-refractivity contribution in [2.24, 2.45) is 0 Å². The summed E-state index contributed by atoms with van der Waals surface area (Å²) in [6.45, 7) is 5.61. The van der Waals surface area contributed by atoms with E-state index in [1.807, 2.05) is 26.8 Å². The number of aryl methyl sites for hydroxylation is 3. The van der Waals surface area contributed by atoms with E-state index >= 15 is 0 Å². The van der Waals surface area contributed by atoms with Crippen molar-refractivity contribution in [1.82, 2.24) is 20.4 Å². The second-order valence-electron chi connectivity index (χ2n) is 6.22. The van der Waals surface area contributed by atoms with E-state index < -0.39 is 5.91 Å². The molecule has 0 aliphatic carbocycles. The molecule has 0 aliphatic rings. The summed E-state index contributed by atoms with van der Waals surface area (Å²) in [6.07, 6.45) is 2.20. The molecule has 3 aromatic rings. The number of rotatable bonds is 4. The number of thiophene rings is 1. The molecular formula is C19H20N4O3S. The van der Waals surface area contributed by atoms with Crippen LogP contribution < -0.4 is 16.4 Å². The Morgan fingerprint density at radius 2 is 1.96 bits per heavy atom. The third-order valence-electron chi connectivity index (χ3n) is 4.25. The average molecular weight is 384 g/mol. The van der Waals surface area contributed by atoms with Crippen molar-refractivity contribution in [3.63, 3.8) is 0 Å². The molecule has 0 fully saturated rings. The first-order valence-corrected chi connectivity index (χ1v) is 9.35. The number of hydrazine groups is 1. The van der Waals surface area contributed by atoms with Gasteiger partial charge in [0.2, 0.25) is 0 Å². The summed E-state index contributed by atoms with van der Waals surface area (Å²) in [4.78, 5) is 42.7. The van der Waals surface area contributed by atoms with Crippen LogP contribution in [-0.2, 0) is 17.8 Å². The Kier molecular flexibility index (Phi) is 5.36. The van der Waals surface area contributed by atoms with Gasteiger partial charge in [-0.1, -0.05) is 19.1 Å². The van der Waals surface area contributed by atoms with Crippen molar-refractivity contribution in [2.75, 3.05) is 0 Å². The van der Waals surface area contributed by atoms with Crippen LogP contribution in [0.15, 0.2) is 35.4 Å². The van der Waals surface area contributed by atoms with E-state index in [4.69, 9.17) is 0 Å². The molecule has 8 heteroatoms. The highest BCUT2D eigenvalue weighted by Crippen LogP contribution is 2.21. The lowest BCUT2D eigenvalue weighted by Crippen LogP contribution is -2.44. The zero-order chi connectivity index (χ0) is 19.6. The fourth-order valence-corrected chi connectivity index (χ4v) is 3.82. The first-order valence-electron chi connectivity index (χ1n) is 8.54. The zero-order valence-corrected chi connectivity index (χ0v) is 16.1. The maximum Gasteiger partial charge on any atom is 0.279 e. The van der Waals surface area contributed by atoms with E-state index in [0.717, 1.165) is 22.4 Å². The molecule has 7 nitrogen and oxygen atoms in total. The zero-order valence-electron chi connectivity index (χ0n) is 15.3. The highest BCUT2D eigenvalue weighted by Gasteiger charge is 2.13. The van der Waals surface area contributed by atoms with Gasteiger partial charge in [-0.15, -0.1) is 11.3 Å². The van der Waals surface area contributed by atoms with Crippen LogP contribution in [0.2, 0.25) is 0 Å². The maximum atomic E-state index is 12.5. The molecule has 0 saturated carbocycles. The summed E-state index contributed by atoms with van der Waals surface area (Å²) < 4.78 is 1.22. The molecule has 0 bridgehead atoms. The number of benzene rings is 1. The van der Waals surface area contributed by atoms with Gasteiger partial charge in [-0.25, -0.2) is 4.98 Å². The van der Waals surface area contributed by atoms with Gasteiger partial charge in [0.15, 0.2) is 0 Å². The molecule has 2 amide bonds. The van der Waals surface area contributed by atoms with Crippen LogP contribution in [0.3, 0.4) is 0 Å². The van der Waals surface area contributed by atoms with Crippen molar-refractivity contribution in [3.8, 4) is 0 Å². The summed E-state index contributed by atoms with van der Waals surface area (Å²) in [5, 5.41) is 0.454. The topological polar surface area (TPSA) is 93.1 Å². The van der Waals surface area contributed by atoms with Gasteiger partial charge in [0.1, 0.15) is 6.54 Å². The van der Waals surface area contributed by atoms with Crippen LogP contribution >= 0.6 is 11.3 Å². The molecule has 0 spiro atoms. The Morgan fingerprint density at radius 3 is 2.67 bits per heavy atom. The number of carbonyl (C=O) groups excluding carboxylic acids is 2. The van der Waals surface area contributed by atoms with Gasteiger partial charge in [0.05, 0.1) is 22.1 Å². The number of hydrogen-bond acceptors (Lipinski definition) is 5. The predicted octanol–water partition coefficient (Wildman–Crippen LogP) is 2.10. The van der Waals surface area contributed by atoms with Crippen molar-refractivity contribution >= 4 is 34.1 Å². The van der Waals surface area contributed by atoms with Crippen molar-refractivity contribution in [3.05, 3.63) is 61.8 Å². The molecule has 0 atom stereocenters. The van der Waals surface area contributed by atoms with Gasteiger partial charge in [0, 0.05) is 4.88 Å². The lowest BCUT2D eigenvalue weighted by atomic mass is 10.1. The van der Waals surface area contributed by atoms with Crippen LogP contribution in [0.5, 0.6) is 0 Å². The lowest BCUT2D eigenvalue weighted by Gasteiger charge is -2.09. The van der Waals surface area contributed by atoms with Crippen molar-refractivity contribution in [2.45, 2.75) is 33.7 Å². The largest absolute Gasteiger partial charge is 0.289 e. The molecule has 1 aromatic carbocycles. The number of para-hydroxylation sites is 1. The number of fused-ring (bicyclic) bond motifs is 1. The van der Waals surface area contributed by atoms with Crippen LogP contribution in [0, 0.1) is 13.8 Å². The van der Waals surface area contributed by atoms with Gasteiger partial charge in [-0.05, 0) is 43.5 Å². The number of hydrogen-bond donors (Lipinski definition) is 2. The number of carbonyl (C=O) groups is 2. The number of aromatic nitrogens is 2. The Bertz CT molecular complexity index is 1080. The first kappa shape index (κ1) is 18.8. The first-order chi connectivity index (χ1) is 12.9. The van der Waals surface area contributed by atoms with E-state index in [1.165, 1.54) is 22.2 Å². The predicted molar refractivity (Wildman–Crippen MR) is 105 cm³/mol. The molecule has 2 heterocycles. The summed E-state index contributed by atoms with van der Waals surface area (Å²) in [7, 11) is 0. The standard InChI is InChI=1S/C19H20N4O3S/c1-4-14-12(3)8-15(27-14)18(25)22-21-16(24)9-23-10-20-17-11(2)6-5-7-13(17)19(23)26/h5-8,10H,4,9H2,1-3H3,(H,21,24)(H,22,25). The Morgan fingerprint density at radius 1 is 1.19 bits per heavy atom. The minimum atomic E-state index is -0.511. The molecule has 0 saturated heterocycles. The third kappa shape index (κ3) is 3.90. The van der Waals surface area contributed by atoms with E-state index in [2.05, 4.69) is 15.8 Å². The van der Waals surface area contributed by atoms with Crippen molar-refractivity contribution in [1.29, 1.82) is 0 Å². The Labute approximate surface area is 160 Å². The number of nitrogens with one attached hydrogen (secondary N) is 2. The number of nitrogens with zero attached hydrogens (tertiary/aromatic N) is 2. The van der Waals surface area contributed by atoms with E-state index in [0.29, 0.717) is 15.8 Å². The van der Waals surface area contributed by atoms with Gasteiger partial charge in [-0.3, -0.25) is 29.8 Å². The summed E-state index contributed by atoms with van der Waals surface area (Å²) >= 11 is 1.40. The molecule has 27 heavy (non-hydrogen) atoms. The van der Waals surface area contributed by atoms with Crippen LogP contribution in [0.25, 0.3) is 10.9 Å². The molecule has 2 aromatic heterocycles. The minimum absolute atomic E-state index is 0.236. The Hall–Kier alpha value is -3.00. The average Bonchev–Trinajstić information content (AvgIpc) is 3.03. The monoisotopic (exact) mass is 384 g/mol. The molecular weight excluding hydrogens is 364 g/mol. The molecule has 0 radical (unpaired) electrons. The smallest absolute Gasteiger partial charge is 0.279 e. The van der Waals surface area contributed by atoms with Gasteiger partial charge >= 0.3 is 0 Å². The van der Waals surface area contributed by atoms with Crippen molar-refractivity contribution < 1.29 is 9.59 Å². The van der Waals surface area contributed by atoms with E-state index in [1.54, 1.807) is 18.2 Å². The second-order valence-corrected chi connectivity index (χ2v) is 7.36. The van der Waals surface area contributed by atoms with Gasteiger partial charge in [0.25, 0.3) is 17.4 Å². The summed E-state index contributed by atoms with van der Waals surface area (Å²) in [6, 6.07) is 7.12. The quantitative estimate of drug-likeness (QED) is 0.674. The van der Waals surface area contributed by atoms with Gasteiger partial charge in [-0.2, -0.15) is 0 Å². The van der Waals surface area contributed by atoms with Crippen LogP contribution in [0.4, 0.5) is 0 Å². The lowest BCUT2D eigenvalue weighted by molar-refractivity contribution is -0.122. The van der Waals surface area contributed by atoms with Crippen LogP contribution in [0.1, 0.15) is 32.6 Å². The molecule has 2 N–H and O–H groups in total. The van der Waals surface area contributed by atoms with Crippen LogP contribution in [-0.4, -0.2) is 21.4 Å². The second kappa shape index (κ2) is 7.71. The fourth-order valence-electron chi connectivity index (χ4n) is 2.82. The molecule has 0 aliphatic heterocycles. The molecule has 140 valence electrons. The molecule has 3 rings (SSSR count). The Balaban J connectivity index is 1.67. The summed E-state index contributed by atoms with van der Waals surface area (Å²) in [5.74, 6) is -0.890. The highest BCUT2D eigenvalue weighted by atomic mass is 32.1. The fraction of sp³-hybridized carbons (Fsp3) is 0.263. The minimum Gasteiger partial charge on any atom is -0.289 e. The highest BCUT2D eigenvalue weighted by molar-refractivity contribution is 7.14. The SMILES string of the molecule is CCc1sc(C(=O)NNC(=O)Cn2cnc3c(C)cccc3c2=O)cc1C. The number of amides is 2. The van der Waals surface area contributed by atoms with E-state index in [-0.39, 0.29) is 18.0 Å². The third-order valence-corrected chi connectivity index (χ3v) is 5.63. The summed E-state index contributed by atoms with van der Waals surface area (Å²) in [5.41, 5.74) is 7.00. The van der Waals surface area contributed by atoms with Gasteiger partial charge < -0.3 is 0 Å². The normalized spacial score (nSPS) is 10.8. The van der Waals surface area contributed by atoms with E-state index in [9.17, 15) is 14.4 Å². The molecule has 0 unspecified atom stereocenters. The maximum absolute atomic E-state index is 12.5.